The van der Waals surface area contributed by atoms with Gasteiger partial charge in [0.25, 0.3) is 0 Å². The Morgan fingerprint density at radius 2 is 0.901 bits per heavy atom. The van der Waals surface area contributed by atoms with Crippen LogP contribution in [0.4, 0.5) is 0 Å². The molecule has 0 saturated carbocycles. The number of nitrogens with zero attached hydrogens (tertiary/aromatic N) is 10. The van der Waals surface area contributed by atoms with E-state index in [-0.39, 0.29) is 249 Å². The normalized spacial score (nSPS) is 19.5. The number of carbonyl (C=O) groups is 3. The van der Waals surface area contributed by atoms with E-state index in [1.54, 1.807) is 4.90 Å². The maximum absolute atomic E-state index is 11.4. The largest absolute Gasteiger partial charge is 0.489 e. The maximum Gasteiger partial charge on any atom is 0.235 e. The second-order valence-corrected chi connectivity index (χ2v) is 24.0. The molecule has 5 saturated heterocycles. The summed E-state index contributed by atoms with van der Waals surface area (Å²) in [5, 5.41) is -0.208. The summed E-state index contributed by atoms with van der Waals surface area (Å²) in [4.78, 5) is 45.1. The minimum absolute atomic E-state index is 0. The van der Waals surface area contributed by atoms with E-state index in [1.807, 2.05) is 168 Å². The van der Waals surface area contributed by atoms with Crippen molar-refractivity contribution in [1.29, 1.82) is 0 Å². The topological polar surface area (TPSA) is 186 Å². The number of sulfonamides is 3. The van der Waals surface area contributed by atoms with Crippen LogP contribution in [-0.2, 0) is 241 Å². The number of carbonyl (C=O) groups excluding carboxylic acids is 3. The Morgan fingerprint density at radius 3 is 1.05 bits per heavy atom. The quantitative estimate of drug-likeness (QED) is 0.230. The molecule has 19 nitrogen and oxygen atoms in total. The molecule has 81 heavy (non-hydrogen) atoms. The summed E-state index contributed by atoms with van der Waals surface area (Å²) in [5.41, 5.74) is 0.898. The summed E-state index contributed by atoms with van der Waals surface area (Å²) in [6.45, 7) is 52.2. The molecule has 6 heterocycles. The van der Waals surface area contributed by atoms with Gasteiger partial charge in [-0.2, -0.15) is 4.31 Å². The van der Waals surface area contributed by atoms with Gasteiger partial charge in [0.15, 0.2) is 10.0 Å². The molecule has 6 rings (SSSR count). The Hall–Kier alpha value is 4.34. The van der Waals surface area contributed by atoms with Gasteiger partial charge < -0.3 is 33.1 Å². The molecule has 28 heteroatoms. The smallest absolute Gasteiger partial charge is 0.235 e. The molecule has 0 aromatic heterocycles. The average Bonchev–Trinajstić information content (AvgIpc) is 4.18. The van der Waals surface area contributed by atoms with Crippen molar-refractivity contribution >= 4 is 47.8 Å². The van der Waals surface area contributed by atoms with Gasteiger partial charge in [-0.25, -0.2) is 25.3 Å². The Labute approximate surface area is 653 Å². The van der Waals surface area contributed by atoms with Crippen LogP contribution in [0.1, 0.15) is 173 Å². The number of amides is 3. The van der Waals surface area contributed by atoms with Crippen molar-refractivity contribution in [3.8, 4) is 0 Å². The summed E-state index contributed by atoms with van der Waals surface area (Å²) in [7, 11) is 12.2. The molecule has 1 atom stereocenters. The zero-order valence-electron chi connectivity index (χ0n) is 55.5. The zero-order chi connectivity index (χ0) is 61.1. The van der Waals surface area contributed by atoms with Crippen molar-refractivity contribution in [2.75, 3.05) is 64.6 Å². The maximum atomic E-state index is 11.4. The van der Waals surface area contributed by atoms with Crippen molar-refractivity contribution in [2.45, 2.75) is 202 Å². The van der Waals surface area contributed by atoms with E-state index < -0.39 is 30.1 Å². The summed E-state index contributed by atoms with van der Waals surface area (Å²) in [6, 6.07) is 1.04. The third-order valence-corrected chi connectivity index (χ3v) is 16.6. The number of hydrogen-bond acceptors (Lipinski definition) is 13. The van der Waals surface area contributed by atoms with Gasteiger partial charge in [0.2, 0.25) is 37.8 Å². The Bertz CT molecular complexity index is 1890. The molecule has 6 radical (unpaired) electrons. The van der Waals surface area contributed by atoms with Crippen LogP contribution in [0.25, 0.3) is 0 Å². The summed E-state index contributed by atoms with van der Waals surface area (Å²) in [5.74, 6) is 1.07. The van der Waals surface area contributed by atoms with Gasteiger partial charge in [0.1, 0.15) is 5.88 Å². The molecular weight excluding hydrogens is 1550 g/mol. The minimum Gasteiger partial charge on any atom is -0.489 e. The predicted octanol–water partition coefficient (Wildman–Crippen LogP) is 8.86. The van der Waals surface area contributed by atoms with E-state index in [1.165, 1.54) is 23.3 Å². The van der Waals surface area contributed by atoms with Crippen molar-refractivity contribution < 1.29 is 236 Å². The van der Waals surface area contributed by atoms with Gasteiger partial charge in [-0.3, -0.25) is 66.5 Å². The molecular formula is C53H114N10O9S3Y6-6. The monoisotopic (exact) mass is 1660 g/mol. The Kier molecular flexibility index (Phi) is 86.1. The Balaban J connectivity index is -0.0000000669. The molecule has 0 bridgehead atoms. The van der Waals surface area contributed by atoms with Crippen LogP contribution in [0, 0.1) is 54.1 Å². The van der Waals surface area contributed by atoms with Gasteiger partial charge in [-0.1, -0.05) is 117 Å². The molecule has 472 valence electrons. The molecule has 0 N–H and O–H groups in total. The summed E-state index contributed by atoms with van der Waals surface area (Å²) < 4.78 is 71.3. The third-order valence-electron chi connectivity index (χ3n) is 10.7. The second kappa shape index (κ2) is 61.8. The second-order valence-electron chi connectivity index (χ2n) is 18.0. The van der Waals surface area contributed by atoms with E-state index in [0.29, 0.717) is 70.9 Å². The van der Waals surface area contributed by atoms with Crippen LogP contribution in [0.3, 0.4) is 0 Å². The SMILES string of the molecule is CC.CC.CC.CC.CC.CC.[CH2-]N1CC(=O)N(C(C)C)C1.[CH2-]N1CC=C(C(C)C)C1=O.[CH2-]N1CCC(C(C)C)S1(=O)=O.[CH2-]N1CN(C(C)C)CC1=O.[CH2-]N1CN(C(C)C)CS1(=O)=O.[CH2-]N1CN(C(C)C)S(=O)(=O)C1.[Y].[Y].[Y].[Y].[Y].[Y]. The van der Waals surface area contributed by atoms with Crippen LogP contribution in [0.5, 0.6) is 0 Å². The molecule has 0 spiro atoms. The molecule has 6 aliphatic rings. The van der Waals surface area contributed by atoms with E-state index in [0.717, 1.165) is 16.3 Å². The fraction of sp³-hybridized carbons (Fsp3) is 0.792. The molecule has 0 aliphatic carbocycles. The molecule has 5 fully saturated rings. The third kappa shape index (κ3) is 45.3. The first-order valence-electron chi connectivity index (χ1n) is 27.1. The first-order chi connectivity index (χ1) is 34.7. The number of hydrogen-bond donors (Lipinski definition) is 0. The van der Waals surface area contributed by atoms with Crippen LogP contribution in [0.15, 0.2) is 11.6 Å². The van der Waals surface area contributed by atoms with Crippen LogP contribution in [-0.4, -0.2) is 184 Å². The van der Waals surface area contributed by atoms with Crippen molar-refractivity contribution in [1.82, 2.24) is 47.2 Å². The predicted molar refractivity (Wildman–Crippen MR) is 316 cm³/mol. The van der Waals surface area contributed by atoms with Gasteiger partial charge >= 0.3 is 0 Å². The average molecular weight is 1670 g/mol. The van der Waals surface area contributed by atoms with Gasteiger partial charge in [0.05, 0.1) is 24.2 Å². The first-order valence-corrected chi connectivity index (χ1v) is 31.8. The zero-order valence-corrected chi connectivity index (χ0v) is 75.0. The fourth-order valence-electron chi connectivity index (χ4n) is 6.56. The fourth-order valence-corrected chi connectivity index (χ4v) is 11.3. The van der Waals surface area contributed by atoms with Crippen molar-refractivity contribution in [3.05, 3.63) is 53.9 Å². The van der Waals surface area contributed by atoms with Gasteiger partial charge in [-0.05, 0) is 80.2 Å². The Morgan fingerprint density at radius 1 is 0.469 bits per heavy atom. The number of rotatable bonds is 6. The molecule has 0 aromatic carbocycles. The molecule has 0 aromatic rings. The van der Waals surface area contributed by atoms with E-state index >= 15 is 0 Å². The van der Waals surface area contributed by atoms with Crippen molar-refractivity contribution in [2.24, 2.45) is 11.8 Å². The van der Waals surface area contributed by atoms with Crippen LogP contribution in [0.2, 0.25) is 0 Å². The molecule has 1 unspecified atom stereocenters. The van der Waals surface area contributed by atoms with Crippen LogP contribution < -0.4 is 0 Å². The van der Waals surface area contributed by atoms with E-state index in [2.05, 4.69) is 61.0 Å². The summed E-state index contributed by atoms with van der Waals surface area (Å²) in [6.07, 6.45) is 2.67. The first kappa shape index (κ1) is 113. The van der Waals surface area contributed by atoms with Crippen LogP contribution >= 0.6 is 0 Å². The van der Waals surface area contributed by atoms with Gasteiger partial charge in [-0.15, -0.1) is 0 Å². The van der Waals surface area contributed by atoms with Gasteiger partial charge in [0, 0.05) is 259 Å². The standard InChI is InChI=1S/C8H12NO.2C7H13N2O.C7H14NO2S.2C6H13N2O2S.6C2H6.6Y/c1-6(2)7-4-5-9(3)8(7)10;1-6(2)9-4-7(10)8(3)5-9;1-6(2)9-5-8(3)4-7(9)10;1-6(2)7-4-5-8(3)11(7,9)10;1-6(2)8-4-7(3)11(9,10)5-8;1-6(2)8-4-7(3)5-11(8,9)10;6*1-2;;;;;;/h4,6H,3,5H2,1-2H3;2*6H,3-5H2,1-2H3;6-7H,3-5H2,1-2H3;2*6H,3-5H2,1-2H3;6*1-2H3;;;;;;/q6*-1;;;;;;;;;;;;. The molecule has 6 aliphatic heterocycles. The van der Waals surface area contributed by atoms with Crippen molar-refractivity contribution in [3.63, 3.8) is 0 Å². The minimum atomic E-state index is -3.07. The van der Waals surface area contributed by atoms with E-state index in [9.17, 15) is 39.6 Å². The molecule has 3 amide bonds. The summed E-state index contributed by atoms with van der Waals surface area (Å²) >= 11 is 0. The van der Waals surface area contributed by atoms with E-state index in [4.69, 9.17) is 0 Å².